The summed E-state index contributed by atoms with van der Waals surface area (Å²) < 4.78 is 11.1. The highest BCUT2D eigenvalue weighted by Crippen LogP contribution is 2.31. The first-order valence-corrected chi connectivity index (χ1v) is 11.5. The van der Waals surface area contributed by atoms with E-state index in [2.05, 4.69) is 26.1 Å². The lowest BCUT2D eigenvalue weighted by molar-refractivity contribution is -0.384. The summed E-state index contributed by atoms with van der Waals surface area (Å²) >= 11 is 0. The van der Waals surface area contributed by atoms with Crippen LogP contribution in [0, 0.1) is 10.1 Å². The van der Waals surface area contributed by atoms with E-state index in [9.17, 15) is 10.1 Å². The van der Waals surface area contributed by atoms with Crippen LogP contribution in [0.25, 0.3) is 0 Å². The normalized spacial score (nSPS) is 21.8. The van der Waals surface area contributed by atoms with Gasteiger partial charge >= 0.3 is 0 Å². The van der Waals surface area contributed by atoms with Crippen molar-refractivity contribution >= 4 is 23.3 Å². The molecule has 0 saturated carbocycles. The molecule has 11 nitrogen and oxygen atoms in total. The van der Waals surface area contributed by atoms with Crippen LogP contribution in [0.15, 0.2) is 30.3 Å². The van der Waals surface area contributed by atoms with Crippen molar-refractivity contribution in [3.8, 4) is 0 Å². The fourth-order valence-corrected chi connectivity index (χ4v) is 4.51. The first kappa shape index (κ1) is 21.8. The molecule has 1 atom stereocenters. The van der Waals surface area contributed by atoms with Crippen LogP contribution in [0.5, 0.6) is 0 Å². The van der Waals surface area contributed by atoms with E-state index in [-0.39, 0.29) is 16.7 Å². The van der Waals surface area contributed by atoms with Gasteiger partial charge < -0.3 is 29.5 Å². The van der Waals surface area contributed by atoms with Crippen LogP contribution < -0.4 is 20.0 Å². The van der Waals surface area contributed by atoms with E-state index in [1.54, 1.807) is 12.1 Å². The maximum absolute atomic E-state index is 11.1. The van der Waals surface area contributed by atoms with Gasteiger partial charge in [0.15, 0.2) is 0 Å². The Kier molecular flexibility index (Phi) is 6.51. The highest BCUT2D eigenvalue weighted by molar-refractivity contribution is 5.57. The van der Waals surface area contributed by atoms with Crippen LogP contribution in [0.1, 0.15) is 11.6 Å². The number of benzene rings is 1. The summed E-state index contributed by atoms with van der Waals surface area (Å²) in [5, 5.41) is 14.5. The van der Waals surface area contributed by atoms with Gasteiger partial charge in [0.05, 0.1) is 37.4 Å². The second-order valence-corrected chi connectivity index (χ2v) is 8.35. The number of anilines is 3. The summed E-state index contributed by atoms with van der Waals surface area (Å²) in [5.41, 5.74) is 1.09. The quantitative estimate of drug-likeness (QED) is 0.522. The second kappa shape index (κ2) is 9.86. The molecule has 176 valence electrons. The Morgan fingerprint density at radius 2 is 1.48 bits per heavy atom. The predicted molar refractivity (Wildman–Crippen MR) is 124 cm³/mol. The lowest BCUT2D eigenvalue weighted by Gasteiger charge is -2.38. The number of nitrogens with one attached hydrogen (secondary N) is 1. The fourth-order valence-electron chi connectivity index (χ4n) is 4.51. The molecule has 11 heteroatoms. The molecule has 0 bridgehead atoms. The first-order valence-electron chi connectivity index (χ1n) is 11.5. The number of hydrogen-bond acceptors (Lipinski definition) is 10. The molecule has 4 heterocycles. The predicted octanol–water partition coefficient (Wildman–Crippen LogP) is 1.21. The molecule has 5 rings (SSSR count). The molecule has 3 saturated heterocycles. The molecule has 1 aromatic heterocycles. The number of hydrogen-bond donors (Lipinski definition) is 1. The third kappa shape index (κ3) is 4.85. The molecule has 3 fully saturated rings. The minimum atomic E-state index is -0.371. The van der Waals surface area contributed by atoms with Crippen molar-refractivity contribution < 1.29 is 14.4 Å². The molecule has 3 aliphatic heterocycles. The number of rotatable bonds is 5. The van der Waals surface area contributed by atoms with E-state index in [1.165, 1.54) is 0 Å². The van der Waals surface area contributed by atoms with Crippen molar-refractivity contribution in [1.29, 1.82) is 0 Å². The molecule has 1 N–H and O–H groups in total. The monoisotopic (exact) mass is 455 g/mol. The van der Waals surface area contributed by atoms with Crippen LogP contribution in [-0.2, 0) is 9.47 Å². The number of non-ortho nitro benzene ring substituents is 1. The van der Waals surface area contributed by atoms with Gasteiger partial charge in [-0.2, -0.15) is 9.97 Å². The van der Waals surface area contributed by atoms with Crippen molar-refractivity contribution in [1.82, 2.24) is 15.3 Å². The van der Waals surface area contributed by atoms with Crippen molar-refractivity contribution in [2.45, 2.75) is 6.04 Å². The summed E-state index contributed by atoms with van der Waals surface area (Å²) in [6.45, 7) is 8.22. The molecular formula is C22H29N7O4. The lowest BCUT2D eigenvalue weighted by atomic mass is 10.0. The zero-order valence-corrected chi connectivity index (χ0v) is 18.6. The van der Waals surface area contributed by atoms with Gasteiger partial charge in [-0.3, -0.25) is 10.1 Å². The SMILES string of the molecule is O=[N+]([O-])c1ccc(C2CNCCN2c2nc(N3CCOCC3)cc(N3CCOCC3)n2)cc1. The Hall–Kier alpha value is -3.02. The standard InChI is InChI=1S/C22H29N7O4/c30-29(31)18-3-1-17(2-4-18)19-16-23-5-6-28(19)22-24-20(26-7-11-32-12-8-26)15-21(25-22)27-9-13-33-14-10-27/h1-4,15,19,23H,5-14,16H2. The molecule has 33 heavy (non-hydrogen) atoms. The number of morpholine rings is 2. The molecule has 1 aromatic carbocycles. The molecule has 0 spiro atoms. The molecule has 0 amide bonds. The number of ether oxygens (including phenoxy) is 2. The zero-order valence-electron chi connectivity index (χ0n) is 18.6. The van der Waals surface area contributed by atoms with Gasteiger partial charge in [-0.25, -0.2) is 0 Å². The Bertz CT molecular complexity index is 925. The van der Waals surface area contributed by atoms with Gasteiger partial charge in [-0.05, 0) is 5.56 Å². The summed E-state index contributed by atoms with van der Waals surface area (Å²) in [6.07, 6.45) is 0. The molecular weight excluding hydrogens is 426 g/mol. The smallest absolute Gasteiger partial charge is 0.269 e. The lowest BCUT2D eigenvalue weighted by Crippen LogP contribution is -2.47. The van der Waals surface area contributed by atoms with E-state index in [0.29, 0.717) is 32.4 Å². The first-order chi connectivity index (χ1) is 16.2. The van der Waals surface area contributed by atoms with Crippen molar-refractivity contribution in [3.05, 3.63) is 46.0 Å². The van der Waals surface area contributed by atoms with Crippen LogP contribution in [0.2, 0.25) is 0 Å². The Morgan fingerprint density at radius 1 is 0.909 bits per heavy atom. The average molecular weight is 456 g/mol. The molecule has 0 radical (unpaired) electrons. The zero-order chi connectivity index (χ0) is 22.6. The van der Waals surface area contributed by atoms with Crippen molar-refractivity contribution in [3.63, 3.8) is 0 Å². The minimum Gasteiger partial charge on any atom is -0.378 e. The Morgan fingerprint density at radius 3 is 2.03 bits per heavy atom. The number of nitro groups is 1. The van der Waals surface area contributed by atoms with E-state index >= 15 is 0 Å². The van der Waals surface area contributed by atoms with Crippen LogP contribution in [0.3, 0.4) is 0 Å². The second-order valence-electron chi connectivity index (χ2n) is 8.35. The highest BCUT2D eigenvalue weighted by Gasteiger charge is 2.29. The number of nitrogens with zero attached hydrogens (tertiary/aromatic N) is 6. The molecule has 0 aliphatic carbocycles. The largest absolute Gasteiger partial charge is 0.378 e. The van der Waals surface area contributed by atoms with Crippen LogP contribution in [-0.4, -0.2) is 87.1 Å². The van der Waals surface area contributed by atoms with E-state index in [1.807, 2.05) is 12.1 Å². The van der Waals surface area contributed by atoms with E-state index in [0.717, 1.165) is 63.0 Å². The molecule has 2 aromatic rings. The van der Waals surface area contributed by atoms with Crippen molar-refractivity contribution in [2.24, 2.45) is 0 Å². The van der Waals surface area contributed by atoms with Crippen LogP contribution in [0.4, 0.5) is 23.3 Å². The maximum Gasteiger partial charge on any atom is 0.269 e. The van der Waals surface area contributed by atoms with Crippen molar-refractivity contribution in [2.75, 3.05) is 86.9 Å². The van der Waals surface area contributed by atoms with Crippen LogP contribution >= 0.6 is 0 Å². The average Bonchev–Trinajstić information content (AvgIpc) is 2.89. The summed E-state index contributed by atoms with van der Waals surface area (Å²) in [4.78, 5) is 27.4. The minimum absolute atomic E-state index is 0.0166. The molecule has 3 aliphatic rings. The van der Waals surface area contributed by atoms with E-state index < -0.39 is 0 Å². The maximum atomic E-state index is 11.1. The highest BCUT2D eigenvalue weighted by atomic mass is 16.6. The summed E-state index contributed by atoms with van der Waals surface area (Å²) in [7, 11) is 0. The van der Waals surface area contributed by atoms with E-state index in [4.69, 9.17) is 19.4 Å². The van der Waals surface area contributed by atoms with Gasteiger partial charge in [0.1, 0.15) is 11.6 Å². The number of nitro benzene ring substituents is 1. The third-order valence-corrected chi connectivity index (χ3v) is 6.35. The van der Waals surface area contributed by atoms with Gasteiger partial charge in [0.25, 0.3) is 5.69 Å². The van der Waals surface area contributed by atoms with Gasteiger partial charge in [-0.15, -0.1) is 0 Å². The summed E-state index contributed by atoms with van der Waals surface area (Å²) in [5.74, 6) is 2.50. The third-order valence-electron chi connectivity index (χ3n) is 6.35. The Labute approximate surface area is 192 Å². The van der Waals surface area contributed by atoms with Gasteiger partial charge in [-0.1, -0.05) is 12.1 Å². The topological polar surface area (TPSA) is 109 Å². The molecule has 1 unspecified atom stereocenters. The summed E-state index contributed by atoms with van der Waals surface area (Å²) in [6, 6.07) is 8.84. The van der Waals surface area contributed by atoms with Gasteiger partial charge in [0.2, 0.25) is 5.95 Å². The van der Waals surface area contributed by atoms with Gasteiger partial charge in [0, 0.05) is 64.0 Å². The number of piperazine rings is 1. The Balaban J connectivity index is 1.49. The number of aromatic nitrogens is 2. The fraction of sp³-hybridized carbons (Fsp3) is 0.545.